The molecule has 1 atom stereocenters. The topological polar surface area (TPSA) is 136 Å². The molecule has 262 valence electrons. The Bertz CT molecular complexity index is 2250. The minimum atomic E-state index is -1.03. The van der Waals surface area contributed by atoms with E-state index in [4.69, 9.17) is 9.82 Å². The number of fused-ring (bicyclic) bond motifs is 1. The van der Waals surface area contributed by atoms with Gasteiger partial charge in [-0.1, -0.05) is 71.9 Å². The van der Waals surface area contributed by atoms with E-state index in [1.807, 2.05) is 79.0 Å². The van der Waals surface area contributed by atoms with E-state index in [0.29, 0.717) is 12.3 Å². The van der Waals surface area contributed by atoms with Crippen LogP contribution in [0.25, 0.3) is 50.9 Å². The maximum atomic E-state index is 12.6. The molecule has 0 bridgehead atoms. The lowest BCUT2D eigenvalue weighted by atomic mass is 10.00. The number of benzene rings is 4. The van der Waals surface area contributed by atoms with Gasteiger partial charge in [0.2, 0.25) is 12.0 Å². The van der Waals surface area contributed by atoms with Gasteiger partial charge in [0.15, 0.2) is 0 Å². The van der Waals surface area contributed by atoms with Crippen LogP contribution in [0.2, 0.25) is 0 Å². The number of carbonyl (C=O) groups excluding carboxylic acids is 1. The molecule has 1 aliphatic rings. The van der Waals surface area contributed by atoms with Gasteiger partial charge >= 0.3 is 5.97 Å². The van der Waals surface area contributed by atoms with Gasteiger partial charge in [0.1, 0.15) is 5.82 Å². The summed E-state index contributed by atoms with van der Waals surface area (Å²) < 4.78 is 0. The van der Waals surface area contributed by atoms with Gasteiger partial charge in [-0.2, -0.15) is 0 Å². The van der Waals surface area contributed by atoms with E-state index >= 15 is 0 Å². The van der Waals surface area contributed by atoms with Crippen molar-refractivity contribution in [3.05, 3.63) is 126 Å². The van der Waals surface area contributed by atoms with Crippen LogP contribution in [0.1, 0.15) is 37.0 Å². The number of imidazole rings is 1. The van der Waals surface area contributed by atoms with E-state index in [-0.39, 0.29) is 12.3 Å². The largest absolute Gasteiger partial charge is 0.478 e. The third-order valence-electron chi connectivity index (χ3n) is 9.40. The summed E-state index contributed by atoms with van der Waals surface area (Å²) in [6.45, 7) is 6.69. The number of nitrogens with zero attached hydrogens (tertiary/aromatic N) is 3. The molecular formula is C42H40N6O4. The van der Waals surface area contributed by atoms with E-state index in [1.165, 1.54) is 10.9 Å². The van der Waals surface area contributed by atoms with Crippen LogP contribution in [-0.2, 0) is 20.8 Å². The molecule has 1 unspecified atom stereocenters. The zero-order chi connectivity index (χ0) is 36.0. The predicted octanol–water partition coefficient (Wildman–Crippen LogP) is 7.69. The SMILES string of the molecule is CCN(CC)c1ccc(-c2nc(-c3ccc(C4=NOC(C(=O)O)C4)cc3)c(-c3ccc(/C=C/C(=O)NCCc4c[nH]c5ccccc45)cc3)[nH]2)cc1. The molecule has 52 heavy (non-hydrogen) atoms. The molecule has 0 spiro atoms. The number of hydrogen-bond acceptors (Lipinski definition) is 6. The molecule has 1 aliphatic heterocycles. The summed E-state index contributed by atoms with van der Waals surface area (Å²) in [5.74, 6) is -0.434. The van der Waals surface area contributed by atoms with Crippen molar-refractivity contribution in [3.8, 4) is 33.9 Å². The molecule has 0 radical (unpaired) electrons. The first-order chi connectivity index (χ1) is 25.4. The average Bonchev–Trinajstić information content (AvgIpc) is 3.95. The molecule has 10 nitrogen and oxygen atoms in total. The summed E-state index contributed by atoms with van der Waals surface area (Å²) in [4.78, 5) is 43.3. The van der Waals surface area contributed by atoms with Crippen LogP contribution >= 0.6 is 0 Å². The number of aromatic amines is 2. The maximum absolute atomic E-state index is 12.6. The van der Waals surface area contributed by atoms with Gasteiger partial charge in [0.25, 0.3) is 0 Å². The third kappa shape index (κ3) is 7.36. The number of amides is 1. The summed E-state index contributed by atoms with van der Waals surface area (Å²) in [6.07, 6.45) is 5.36. The highest BCUT2D eigenvalue weighted by Gasteiger charge is 2.28. The number of para-hydroxylation sites is 1. The van der Waals surface area contributed by atoms with Crippen molar-refractivity contribution in [2.75, 3.05) is 24.5 Å². The zero-order valence-corrected chi connectivity index (χ0v) is 29.1. The highest BCUT2D eigenvalue weighted by atomic mass is 16.7. The van der Waals surface area contributed by atoms with Crippen LogP contribution in [0.4, 0.5) is 5.69 Å². The van der Waals surface area contributed by atoms with Gasteiger partial charge in [0.05, 0.1) is 17.1 Å². The smallest absolute Gasteiger partial charge is 0.348 e. The van der Waals surface area contributed by atoms with Gasteiger partial charge in [-0.3, -0.25) is 4.79 Å². The molecule has 3 heterocycles. The fourth-order valence-corrected chi connectivity index (χ4v) is 6.50. The lowest BCUT2D eigenvalue weighted by molar-refractivity contribution is -0.148. The maximum Gasteiger partial charge on any atom is 0.348 e. The average molecular weight is 693 g/mol. The second-order valence-electron chi connectivity index (χ2n) is 12.6. The summed E-state index contributed by atoms with van der Waals surface area (Å²) in [5, 5.41) is 17.5. The Labute approximate surface area is 301 Å². The highest BCUT2D eigenvalue weighted by molar-refractivity contribution is 6.03. The molecular weight excluding hydrogens is 652 g/mol. The molecule has 4 aromatic carbocycles. The first-order valence-electron chi connectivity index (χ1n) is 17.5. The van der Waals surface area contributed by atoms with Crippen LogP contribution in [-0.4, -0.2) is 63.4 Å². The highest BCUT2D eigenvalue weighted by Crippen LogP contribution is 2.34. The number of nitrogens with one attached hydrogen (secondary N) is 3. The number of rotatable bonds is 13. The van der Waals surface area contributed by atoms with Gasteiger partial charge in [-0.05, 0) is 73.4 Å². The van der Waals surface area contributed by atoms with Gasteiger partial charge in [-0.25, -0.2) is 9.78 Å². The Morgan fingerprint density at radius 3 is 2.31 bits per heavy atom. The molecule has 4 N–H and O–H groups in total. The molecule has 6 aromatic rings. The summed E-state index contributed by atoms with van der Waals surface area (Å²) in [6, 6.07) is 32.3. The fourth-order valence-electron chi connectivity index (χ4n) is 6.50. The Morgan fingerprint density at radius 2 is 1.60 bits per heavy atom. The number of H-pyrrole nitrogens is 2. The van der Waals surface area contributed by atoms with Crippen molar-refractivity contribution in [2.45, 2.75) is 32.8 Å². The second-order valence-corrected chi connectivity index (χ2v) is 12.6. The van der Waals surface area contributed by atoms with Gasteiger partial charge in [-0.15, -0.1) is 0 Å². The van der Waals surface area contributed by atoms with Crippen molar-refractivity contribution in [1.82, 2.24) is 20.3 Å². The molecule has 0 saturated heterocycles. The van der Waals surface area contributed by atoms with Crippen molar-refractivity contribution in [1.29, 1.82) is 0 Å². The number of aromatic nitrogens is 3. The molecule has 2 aromatic heterocycles. The van der Waals surface area contributed by atoms with Crippen LogP contribution in [0.5, 0.6) is 0 Å². The molecule has 0 aliphatic carbocycles. The lowest BCUT2D eigenvalue weighted by Crippen LogP contribution is -2.23. The van der Waals surface area contributed by atoms with Crippen molar-refractivity contribution < 1.29 is 19.5 Å². The number of anilines is 1. The van der Waals surface area contributed by atoms with Crippen LogP contribution < -0.4 is 10.2 Å². The first-order valence-corrected chi connectivity index (χ1v) is 17.5. The Morgan fingerprint density at radius 1 is 0.904 bits per heavy atom. The summed E-state index contributed by atoms with van der Waals surface area (Å²) in [7, 11) is 0. The monoisotopic (exact) mass is 692 g/mol. The molecule has 0 fully saturated rings. The van der Waals surface area contributed by atoms with E-state index in [9.17, 15) is 14.7 Å². The van der Waals surface area contributed by atoms with Gasteiger partial charge in [0, 0.05) is 71.6 Å². The van der Waals surface area contributed by atoms with E-state index in [1.54, 1.807) is 6.08 Å². The quantitative estimate of drug-likeness (QED) is 0.0917. The van der Waals surface area contributed by atoms with Crippen molar-refractivity contribution in [2.24, 2.45) is 5.16 Å². The number of oxime groups is 1. The molecule has 10 heteroatoms. The molecule has 1 amide bonds. The number of carboxylic acid groups (broad SMARTS) is 1. The van der Waals surface area contributed by atoms with E-state index in [0.717, 1.165) is 75.7 Å². The normalized spacial score (nSPS) is 14.0. The molecule has 0 saturated carbocycles. The van der Waals surface area contributed by atoms with E-state index in [2.05, 4.69) is 69.5 Å². The van der Waals surface area contributed by atoms with Crippen LogP contribution in [0, 0.1) is 0 Å². The first kappa shape index (κ1) is 34.0. The standard InChI is InChI=1S/C42H40N6O4/c1-3-48(4-2)33-20-18-31(19-21-33)41-45-39(40(46-41)30-16-14-28(15-17-30)36-25-37(42(50)51)52-47-36)29-12-9-27(10-13-29)11-22-38(49)43-24-23-32-26-44-35-8-6-5-7-34(32)35/h5-22,26,37,44H,3-4,23-25H2,1-2H3,(H,43,49)(H,45,46)(H,50,51)/b22-11+. The Hall–Kier alpha value is -6.42. The summed E-state index contributed by atoms with van der Waals surface area (Å²) >= 11 is 0. The minimum absolute atomic E-state index is 0.145. The Balaban J connectivity index is 1.09. The van der Waals surface area contributed by atoms with Gasteiger partial charge < -0.3 is 30.1 Å². The van der Waals surface area contributed by atoms with Crippen LogP contribution in [0.15, 0.2) is 114 Å². The summed E-state index contributed by atoms with van der Waals surface area (Å²) in [5.41, 5.74) is 10.2. The fraction of sp³-hybridized carbons (Fsp3) is 0.190. The Kier molecular flexibility index (Phi) is 9.97. The zero-order valence-electron chi connectivity index (χ0n) is 29.1. The minimum Gasteiger partial charge on any atom is -0.478 e. The second kappa shape index (κ2) is 15.2. The lowest BCUT2D eigenvalue weighted by Gasteiger charge is -2.20. The van der Waals surface area contributed by atoms with Crippen molar-refractivity contribution in [3.63, 3.8) is 0 Å². The molecule has 7 rings (SSSR count). The number of hydrogen-bond donors (Lipinski definition) is 4. The third-order valence-corrected chi connectivity index (χ3v) is 9.40. The van der Waals surface area contributed by atoms with E-state index < -0.39 is 12.1 Å². The van der Waals surface area contributed by atoms with Crippen molar-refractivity contribution >= 4 is 40.3 Å². The predicted molar refractivity (Wildman–Crippen MR) is 206 cm³/mol. The number of carboxylic acids is 1. The number of carbonyl (C=O) groups is 2. The van der Waals surface area contributed by atoms with Crippen LogP contribution in [0.3, 0.4) is 0 Å². The number of aliphatic carboxylic acids is 1.